The normalized spacial score (nSPS) is 24.9. The van der Waals surface area contributed by atoms with E-state index < -0.39 is 0 Å². The highest BCUT2D eigenvalue weighted by Gasteiger charge is 2.26. The van der Waals surface area contributed by atoms with Crippen molar-refractivity contribution >= 4 is 5.91 Å². The fourth-order valence-electron chi connectivity index (χ4n) is 3.71. The van der Waals surface area contributed by atoms with Crippen LogP contribution in [0.5, 0.6) is 0 Å². The maximum absolute atomic E-state index is 12.4. The number of hydrogen-bond donors (Lipinski definition) is 1. The van der Waals surface area contributed by atoms with E-state index in [9.17, 15) is 4.79 Å². The number of likely N-dealkylation sites (tertiary alicyclic amines) is 1. The molecule has 1 aliphatic heterocycles. The van der Waals surface area contributed by atoms with Gasteiger partial charge in [0.2, 0.25) is 5.91 Å². The lowest BCUT2D eigenvalue weighted by atomic mass is 9.97. The second-order valence-electron chi connectivity index (χ2n) is 6.32. The second kappa shape index (κ2) is 7.88. The summed E-state index contributed by atoms with van der Waals surface area (Å²) < 4.78 is 0. The summed E-state index contributed by atoms with van der Waals surface area (Å²) in [7, 11) is 2.00. The minimum atomic E-state index is 0.424. The molecule has 0 aromatic carbocycles. The maximum atomic E-state index is 12.4. The fraction of sp³-hybridized carbons (Fsp3) is 0.938. The van der Waals surface area contributed by atoms with Crippen molar-refractivity contribution in [2.45, 2.75) is 70.3 Å². The molecule has 3 nitrogen and oxygen atoms in total. The number of piperidine rings is 1. The zero-order chi connectivity index (χ0) is 13.5. The first-order valence-electron chi connectivity index (χ1n) is 8.25. The van der Waals surface area contributed by atoms with Crippen molar-refractivity contribution in [2.24, 2.45) is 5.92 Å². The van der Waals surface area contributed by atoms with Crippen LogP contribution >= 0.6 is 0 Å². The van der Waals surface area contributed by atoms with E-state index in [1.807, 2.05) is 7.05 Å². The fourth-order valence-corrected chi connectivity index (χ4v) is 3.71. The van der Waals surface area contributed by atoms with Crippen molar-refractivity contribution in [3.8, 4) is 0 Å². The van der Waals surface area contributed by atoms with Crippen LogP contribution < -0.4 is 5.32 Å². The molecular weight excluding hydrogens is 236 g/mol. The van der Waals surface area contributed by atoms with E-state index in [1.165, 1.54) is 44.9 Å². The Hall–Kier alpha value is -0.570. The number of carbonyl (C=O) groups is 1. The van der Waals surface area contributed by atoms with E-state index in [4.69, 9.17) is 0 Å². The summed E-state index contributed by atoms with van der Waals surface area (Å²) in [4.78, 5) is 14.6. The number of amides is 1. The van der Waals surface area contributed by atoms with E-state index in [0.717, 1.165) is 38.3 Å². The Morgan fingerprint density at radius 1 is 1.11 bits per heavy atom. The molecule has 2 aliphatic rings. The molecule has 1 saturated heterocycles. The molecule has 1 heterocycles. The summed E-state index contributed by atoms with van der Waals surface area (Å²) in [5, 5.41) is 3.21. The topological polar surface area (TPSA) is 32.3 Å². The molecule has 1 amide bonds. The van der Waals surface area contributed by atoms with Crippen LogP contribution in [0.15, 0.2) is 0 Å². The lowest BCUT2D eigenvalue weighted by molar-refractivity contribution is -0.135. The molecule has 0 aromatic rings. The molecule has 2 rings (SSSR count). The van der Waals surface area contributed by atoms with Crippen molar-refractivity contribution in [2.75, 3.05) is 20.1 Å². The van der Waals surface area contributed by atoms with E-state index in [1.54, 1.807) is 0 Å². The number of nitrogens with zero attached hydrogens (tertiary/aromatic N) is 1. The number of nitrogens with one attached hydrogen (secondary N) is 1. The van der Waals surface area contributed by atoms with Gasteiger partial charge in [0.15, 0.2) is 0 Å². The molecule has 19 heavy (non-hydrogen) atoms. The highest BCUT2D eigenvalue weighted by atomic mass is 16.2. The molecule has 0 bridgehead atoms. The average molecular weight is 266 g/mol. The summed E-state index contributed by atoms with van der Waals surface area (Å²) in [6.45, 7) is 2.02. The summed E-state index contributed by atoms with van der Waals surface area (Å²) in [6, 6.07) is 0.497. The first kappa shape index (κ1) is 14.8. The first-order valence-corrected chi connectivity index (χ1v) is 8.25. The third-order valence-electron chi connectivity index (χ3n) is 4.92. The molecule has 0 aromatic heterocycles. The minimum absolute atomic E-state index is 0.424. The van der Waals surface area contributed by atoms with Gasteiger partial charge in [0.1, 0.15) is 0 Å². The molecule has 1 saturated carbocycles. The molecule has 1 N–H and O–H groups in total. The number of hydrogen-bond acceptors (Lipinski definition) is 2. The maximum Gasteiger partial charge on any atom is 0.222 e. The summed E-state index contributed by atoms with van der Waals surface area (Å²) in [6.07, 6.45) is 12.2. The van der Waals surface area contributed by atoms with E-state index in [0.29, 0.717) is 11.9 Å². The Morgan fingerprint density at radius 3 is 2.58 bits per heavy atom. The van der Waals surface area contributed by atoms with Crippen molar-refractivity contribution < 1.29 is 4.79 Å². The van der Waals surface area contributed by atoms with Gasteiger partial charge in [-0.2, -0.15) is 0 Å². The SMILES string of the molecule is CNCCC1CCCCN1C(=O)CCC1CCCC1. The average Bonchev–Trinajstić information content (AvgIpc) is 2.96. The predicted molar refractivity (Wildman–Crippen MR) is 79.1 cm³/mol. The van der Waals surface area contributed by atoms with Crippen molar-refractivity contribution in [1.29, 1.82) is 0 Å². The van der Waals surface area contributed by atoms with Crippen molar-refractivity contribution in [3.63, 3.8) is 0 Å². The van der Waals surface area contributed by atoms with Gasteiger partial charge in [-0.05, 0) is 51.6 Å². The van der Waals surface area contributed by atoms with Crippen LogP contribution in [0.4, 0.5) is 0 Å². The van der Waals surface area contributed by atoms with Gasteiger partial charge >= 0.3 is 0 Å². The lowest BCUT2D eigenvalue weighted by Crippen LogP contribution is -2.44. The number of rotatable bonds is 6. The van der Waals surface area contributed by atoms with Crippen molar-refractivity contribution in [3.05, 3.63) is 0 Å². The summed E-state index contributed by atoms with van der Waals surface area (Å²) >= 11 is 0. The Balaban J connectivity index is 1.77. The predicted octanol–water partition coefficient (Wildman–Crippen LogP) is 2.95. The van der Waals surface area contributed by atoms with E-state index >= 15 is 0 Å². The third kappa shape index (κ3) is 4.48. The summed E-state index contributed by atoms with van der Waals surface area (Å²) in [5.74, 6) is 1.26. The van der Waals surface area contributed by atoms with Gasteiger partial charge in [0, 0.05) is 19.0 Å². The molecule has 2 fully saturated rings. The highest BCUT2D eigenvalue weighted by molar-refractivity contribution is 5.76. The molecular formula is C16H30N2O. The van der Waals surface area contributed by atoms with Crippen LogP contribution in [0.25, 0.3) is 0 Å². The standard InChI is InChI=1S/C16H30N2O/c1-17-12-11-15-8-4-5-13-18(15)16(19)10-9-14-6-2-3-7-14/h14-15,17H,2-13H2,1H3. The van der Waals surface area contributed by atoms with E-state index in [-0.39, 0.29) is 0 Å². The zero-order valence-electron chi connectivity index (χ0n) is 12.5. The third-order valence-corrected chi connectivity index (χ3v) is 4.92. The van der Waals surface area contributed by atoms with Gasteiger partial charge in [0.05, 0.1) is 0 Å². The Morgan fingerprint density at radius 2 is 1.84 bits per heavy atom. The Bertz CT molecular complexity index is 274. The van der Waals surface area contributed by atoms with Gasteiger partial charge in [-0.3, -0.25) is 4.79 Å². The Labute approximate surface area is 118 Å². The van der Waals surface area contributed by atoms with Crippen LogP contribution in [0.1, 0.15) is 64.2 Å². The van der Waals surface area contributed by atoms with Crippen molar-refractivity contribution in [1.82, 2.24) is 10.2 Å². The molecule has 1 aliphatic carbocycles. The van der Waals surface area contributed by atoms with E-state index in [2.05, 4.69) is 10.2 Å². The molecule has 0 radical (unpaired) electrons. The minimum Gasteiger partial charge on any atom is -0.340 e. The van der Waals surface area contributed by atoms with Crippen LogP contribution in [0.2, 0.25) is 0 Å². The van der Waals surface area contributed by atoms with Crippen LogP contribution in [0, 0.1) is 5.92 Å². The first-order chi connectivity index (χ1) is 9.31. The lowest BCUT2D eigenvalue weighted by Gasteiger charge is -2.36. The van der Waals surface area contributed by atoms with Gasteiger partial charge < -0.3 is 10.2 Å². The molecule has 3 heteroatoms. The van der Waals surface area contributed by atoms with Crippen LogP contribution in [0.3, 0.4) is 0 Å². The molecule has 1 atom stereocenters. The zero-order valence-corrected chi connectivity index (χ0v) is 12.5. The highest BCUT2D eigenvalue weighted by Crippen LogP contribution is 2.29. The van der Waals surface area contributed by atoms with Gasteiger partial charge in [-0.25, -0.2) is 0 Å². The van der Waals surface area contributed by atoms with Crippen LogP contribution in [-0.4, -0.2) is 37.0 Å². The Kier molecular flexibility index (Phi) is 6.15. The summed E-state index contributed by atoms with van der Waals surface area (Å²) in [5.41, 5.74) is 0. The molecule has 1 unspecified atom stereocenters. The monoisotopic (exact) mass is 266 g/mol. The second-order valence-corrected chi connectivity index (χ2v) is 6.32. The number of carbonyl (C=O) groups excluding carboxylic acids is 1. The molecule has 110 valence electrons. The quantitative estimate of drug-likeness (QED) is 0.801. The van der Waals surface area contributed by atoms with Gasteiger partial charge in [0.25, 0.3) is 0 Å². The van der Waals surface area contributed by atoms with Gasteiger partial charge in [-0.15, -0.1) is 0 Å². The molecule has 0 spiro atoms. The smallest absolute Gasteiger partial charge is 0.222 e. The van der Waals surface area contributed by atoms with Crippen LogP contribution in [-0.2, 0) is 4.79 Å². The van der Waals surface area contributed by atoms with Gasteiger partial charge in [-0.1, -0.05) is 25.7 Å². The largest absolute Gasteiger partial charge is 0.340 e.